The van der Waals surface area contributed by atoms with Gasteiger partial charge >= 0.3 is 11.5 Å². The average molecular weight is 501 g/mol. The number of nitrogens with zero attached hydrogens (tertiary/aromatic N) is 4. The number of nitrogens with one attached hydrogen (secondary N) is 1. The summed E-state index contributed by atoms with van der Waals surface area (Å²) in [6.45, 7) is 4.48. The standard InChI is InChI=1S/C20H22F3N5O5S/c1-12(11-29)25-17-24-9-8-13(26-17)10-27-18(31)28(16(30)19(27,2)3)14-4-6-15(7-5-14)34(32,33)20(21,22)23/h4-9,12,29H,10-11H2,1-3H3,(H,24,25,26). The molecule has 1 unspecified atom stereocenters. The Morgan fingerprint density at radius 1 is 1.15 bits per heavy atom. The molecule has 2 N–H and O–H groups in total. The van der Waals surface area contributed by atoms with Crippen LogP contribution in [0.1, 0.15) is 26.5 Å². The Bertz CT molecular complexity index is 1200. The van der Waals surface area contributed by atoms with E-state index in [0.717, 1.165) is 17.0 Å². The molecule has 10 nitrogen and oxygen atoms in total. The molecule has 1 aromatic heterocycles. The minimum Gasteiger partial charge on any atom is -0.394 e. The summed E-state index contributed by atoms with van der Waals surface area (Å²) < 4.78 is 61.5. The molecule has 0 bridgehead atoms. The third-order valence-corrected chi connectivity index (χ3v) is 6.72. The number of sulfone groups is 1. The van der Waals surface area contributed by atoms with Gasteiger partial charge in [-0.3, -0.25) is 4.79 Å². The number of hydrogen-bond acceptors (Lipinski definition) is 8. The molecule has 0 spiro atoms. The molecule has 1 saturated heterocycles. The molecule has 3 amide bonds. The van der Waals surface area contributed by atoms with Crippen molar-refractivity contribution in [3.05, 3.63) is 42.2 Å². The molecule has 0 radical (unpaired) electrons. The van der Waals surface area contributed by atoms with E-state index in [1.807, 2.05) is 0 Å². The highest BCUT2D eigenvalue weighted by Crippen LogP contribution is 2.35. The number of imide groups is 1. The molecule has 14 heteroatoms. The predicted molar refractivity (Wildman–Crippen MR) is 114 cm³/mol. The van der Waals surface area contributed by atoms with E-state index < -0.39 is 37.7 Å². The molecule has 2 aromatic rings. The zero-order valence-electron chi connectivity index (χ0n) is 18.4. The number of anilines is 2. The smallest absolute Gasteiger partial charge is 0.394 e. The zero-order chi connectivity index (χ0) is 25.5. The van der Waals surface area contributed by atoms with Crippen LogP contribution in [0.2, 0.25) is 0 Å². The van der Waals surface area contributed by atoms with Crippen molar-refractivity contribution in [3.63, 3.8) is 0 Å². The van der Waals surface area contributed by atoms with Crippen LogP contribution in [-0.4, -0.2) is 64.0 Å². The molecule has 0 aliphatic carbocycles. The summed E-state index contributed by atoms with van der Waals surface area (Å²) in [4.78, 5) is 35.5. The largest absolute Gasteiger partial charge is 0.501 e. The number of amides is 3. The van der Waals surface area contributed by atoms with Crippen molar-refractivity contribution in [3.8, 4) is 0 Å². The quantitative estimate of drug-likeness (QED) is 0.553. The monoisotopic (exact) mass is 501 g/mol. The van der Waals surface area contributed by atoms with Crippen molar-refractivity contribution in [2.45, 2.75) is 49.3 Å². The fraction of sp³-hybridized carbons (Fsp3) is 0.400. The fourth-order valence-corrected chi connectivity index (χ4v) is 3.98. The molecule has 2 heterocycles. The summed E-state index contributed by atoms with van der Waals surface area (Å²) in [5.41, 5.74) is -6.49. The van der Waals surface area contributed by atoms with Gasteiger partial charge < -0.3 is 15.3 Å². The van der Waals surface area contributed by atoms with Crippen LogP contribution in [0.5, 0.6) is 0 Å². The van der Waals surface area contributed by atoms with Gasteiger partial charge in [0.1, 0.15) is 5.54 Å². The molecule has 1 aliphatic heterocycles. The van der Waals surface area contributed by atoms with Crippen LogP contribution in [0, 0.1) is 0 Å². The number of carbonyl (C=O) groups excluding carboxylic acids is 2. The summed E-state index contributed by atoms with van der Waals surface area (Å²) in [7, 11) is -5.57. The Morgan fingerprint density at radius 2 is 1.76 bits per heavy atom. The highest BCUT2D eigenvalue weighted by atomic mass is 32.2. The number of aliphatic hydroxyl groups excluding tert-OH is 1. The lowest BCUT2D eigenvalue weighted by Gasteiger charge is -2.27. The topological polar surface area (TPSA) is 133 Å². The van der Waals surface area contributed by atoms with Crippen LogP contribution in [0.15, 0.2) is 41.4 Å². The van der Waals surface area contributed by atoms with Crippen molar-refractivity contribution in [2.75, 3.05) is 16.8 Å². The van der Waals surface area contributed by atoms with Crippen LogP contribution < -0.4 is 10.2 Å². The summed E-state index contributed by atoms with van der Waals surface area (Å²) in [6, 6.07) is 3.80. The Balaban J connectivity index is 1.88. The van der Waals surface area contributed by atoms with Gasteiger partial charge in [0.25, 0.3) is 15.7 Å². The van der Waals surface area contributed by atoms with E-state index in [2.05, 4.69) is 15.3 Å². The first kappa shape index (κ1) is 25.4. The van der Waals surface area contributed by atoms with Gasteiger partial charge in [-0.15, -0.1) is 0 Å². The van der Waals surface area contributed by atoms with Gasteiger partial charge in [0.2, 0.25) is 5.95 Å². The number of aliphatic hydroxyl groups is 1. The van der Waals surface area contributed by atoms with Gasteiger partial charge in [-0.05, 0) is 51.1 Å². The first-order valence-electron chi connectivity index (χ1n) is 9.97. The van der Waals surface area contributed by atoms with Gasteiger partial charge in [-0.1, -0.05) is 0 Å². The molecule has 1 atom stereocenters. The number of rotatable bonds is 7. The molecule has 3 rings (SSSR count). The highest BCUT2D eigenvalue weighted by molar-refractivity contribution is 7.92. The normalized spacial score (nSPS) is 17.3. The molecule has 1 aliphatic rings. The summed E-state index contributed by atoms with van der Waals surface area (Å²) >= 11 is 0. The lowest BCUT2D eigenvalue weighted by molar-refractivity contribution is -0.123. The molecule has 1 aromatic carbocycles. The van der Waals surface area contributed by atoms with E-state index in [9.17, 15) is 31.2 Å². The number of aromatic nitrogens is 2. The SMILES string of the molecule is CC(CO)Nc1nccc(CN2C(=O)N(c3ccc(S(=O)(=O)C(F)(F)F)cc3)C(=O)C2(C)C)n1. The van der Waals surface area contributed by atoms with Crippen LogP contribution >= 0.6 is 0 Å². The number of hydrogen-bond donors (Lipinski definition) is 2. The second kappa shape index (κ2) is 8.83. The third kappa shape index (κ3) is 4.55. The van der Waals surface area contributed by atoms with Crippen molar-refractivity contribution in [1.82, 2.24) is 14.9 Å². The average Bonchev–Trinajstić information content (AvgIpc) is 2.92. The van der Waals surface area contributed by atoms with Gasteiger partial charge in [0, 0.05) is 12.2 Å². The highest BCUT2D eigenvalue weighted by Gasteiger charge is 2.52. The first-order chi connectivity index (χ1) is 15.7. The first-order valence-corrected chi connectivity index (χ1v) is 11.5. The Morgan fingerprint density at radius 3 is 2.32 bits per heavy atom. The van der Waals surface area contributed by atoms with Gasteiger partial charge in [0.15, 0.2) is 0 Å². The van der Waals surface area contributed by atoms with Crippen molar-refractivity contribution in [2.24, 2.45) is 0 Å². The van der Waals surface area contributed by atoms with Crippen LogP contribution in [0.3, 0.4) is 0 Å². The third-order valence-electron chi connectivity index (χ3n) is 5.22. The zero-order valence-corrected chi connectivity index (χ0v) is 19.2. The van der Waals surface area contributed by atoms with E-state index >= 15 is 0 Å². The number of benzene rings is 1. The molecular weight excluding hydrogens is 479 g/mol. The molecule has 184 valence electrons. The minimum absolute atomic E-state index is 0.0755. The van der Waals surface area contributed by atoms with Gasteiger partial charge in [-0.25, -0.2) is 28.1 Å². The Labute approximate surface area is 193 Å². The van der Waals surface area contributed by atoms with Crippen LogP contribution in [0.4, 0.5) is 29.6 Å². The summed E-state index contributed by atoms with van der Waals surface area (Å²) in [5.74, 6) is -0.432. The van der Waals surface area contributed by atoms with Crippen LogP contribution in [-0.2, 0) is 21.2 Å². The number of urea groups is 1. The number of halogens is 3. The maximum absolute atomic E-state index is 13.1. The van der Waals surface area contributed by atoms with Crippen molar-refractivity contribution >= 4 is 33.4 Å². The van der Waals surface area contributed by atoms with E-state index in [4.69, 9.17) is 5.11 Å². The van der Waals surface area contributed by atoms with Gasteiger partial charge in [-0.2, -0.15) is 13.2 Å². The summed E-state index contributed by atoms with van der Waals surface area (Å²) in [6.07, 6.45) is 1.45. The van der Waals surface area contributed by atoms with Crippen molar-refractivity contribution in [1.29, 1.82) is 0 Å². The Kier molecular flexibility index (Phi) is 6.59. The number of alkyl halides is 3. The van der Waals surface area contributed by atoms with E-state index in [1.165, 1.54) is 24.9 Å². The van der Waals surface area contributed by atoms with E-state index in [-0.39, 0.29) is 30.8 Å². The lowest BCUT2D eigenvalue weighted by Crippen LogP contribution is -2.43. The minimum atomic E-state index is -5.57. The maximum Gasteiger partial charge on any atom is 0.501 e. The lowest BCUT2D eigenvalue weighted by atomic mass is 10.0. The second-order valence-electron chi connectivity index (χ2n) is 8.11. The number of carbonyl (C=O) groups is 2. The second-order valence-corrected chi connectivity index (χ2v) is 10.1. The molecule has 1 fully saturated rings. The molecule has 0 saturated carbocycles. The predicted octanol–water partition coefficient (Wildman–Crippen LogP) is 2.31. The fourth-order valence-electron chi connectivity index (χ4n) is 3.22. The van der Waals surface area contributed by atoms with Crippen LogP contribution in [0.25, 0.3) is 0 Å². The van der Waals surface area contributed by atoms with E-state index in [1.54, 1.807) is 13.0 Å². The molecular formula is C20H22F3N5O5S. The maximum atomic E-state index is 13.1. The Hall–Kier alpha value is -3.26. The molecule has 34 heavy (non-hydrogen) atoms. The summed E-state index contributed by atoms with van der Waals surface area (Å²) in [5, 5.41) is 12.0. The van der Waals surface area contributed by atoms with Gasteiger partial charge in [0.05, 0.1) is 29.4 Å². The van der Waals surface area contributed by atoms with Crippen molar-refractivity contribution < 1.29 is 36.3 Å². The van der Waals surface area contributed by atoms with E-state index in [0.29, 0.717) is 17.8 Å².